The van der Waals surface area contributed by atoms with Crippen LogP contribution in [0.25, 0.3) is 0 Å². The highest BCUT2D eigenvalue weighted by molar-refractivity contribution is 4.96. The van der Waals surface area contributed by atoms with Crippen LogP contribution in [0, 0.1) is 5.92 Å². The van der Waals surface area contributed by atoms with Crippen LogP contribution in [0.5, 0.6) is 0 Å². The average Bonchev–Trinajstić information content (AvgIpc) is 2.72. The predicted octanol–water partition coefficient (Wildman–Crippen LogP) is 2.01. The highest BCUT2D eigenvalue weighted by Gasteiger charge is 2.39. The highest BCUT2D eigenvalue weighted by Crippen LogP contribution is 2.30. The molecule has 2 atom stereocenters. The van der Waals surface area contributed by atoms with Gasteiger partial charge in [-0.1, -0.05) is 19.8 Å². The van der Waals surface area contributed by atoms with Crippen molar-refractivity contribution in [2.45, 2.75) is 51.0 Å². The maximum absolute atomic E-state index is 6.02. The standard InChI is InChI=1S/C14H28N2O/c1-2-4-13-5-3-8-16(9-6-13)14(11-15)7-10-17-12-14/h13H,2-12,15H2,1H3. The van der Waals surface area contributed by atoms with E-state index < -0.39 is 0 Å². The Hall–Kier alpha value is -0.120. The molecule has 100 valence electrons. The molecule has 0 aromatic heterocycles. The molecule has 2 N–H and O–H groups in total. The molecule has 2 rings (SSSR count). The second kappa shape index (κ2) is 6.17. The Morgan fingerprint density at radius 3 is 2.88 bits per heavy atom. The number of hydrogen-bond donors (Lipinski definition) is 1. The van der Waals surface area contributed by atoms with E-state index in [-0.39, 0.29) is 5.54 Å². The molecule has 2 fully saturated rings. The van der Waals surface area contributed by atoms with E-state index in [0.717, 1.165) is 32.1 Å². The molecular weight excluding hydrogens is 212 g/mol. The summed E-state index contributed by atoms with van der Waals surface area (Å²) in [5, 5.41) is 0. The Labute approximate surface area is 106 Å². The lowest BCUT2D eigenvalue weighted by atomic mass is 9.95. The van der Waals surface area contributed by atoms with Gasteiger partial charge in [-0.3, -0.25) is 4.90 Å². The first-order chi connectivity index (χ1) is 8.30. The number of nitrogens with zero attached hydrogens (tertiary/aromatic N) is 1. The molecule has 3 nitrogen and oxygen atoms in total. The van der Waals surface area contributed by atoms with Gasteiger partial charge in [0.05, 0.1) is 12.1 Å². The van der Waals surface area contributed by atoms with Crippen LogP contribution in [-0.4, -0.2) is 43.3 Å². The fourth-order valence-corrected chi connectivity index (χ4v) is 3.47. The molecule has 0 bridgehead atoms. The van der Waals surface area contributed by atoms with E-state index in [2.05, 4.69) is 11.8 Å². The Morgan fingerprint density at radius 2 is 2.24 bits per heavy atom. The van der Waals surface area contributed by atoms with Crippen molar-refractivity contribution in [2.75, 3.05) is 32.8 Å². The van der Waals surface area contributed by atoms with Gasteiger partial charge in [0.1, 0.15) is 0 Å². The smallest absolute Gasteiger partial charge is 0.0663 e. The molecule has 17 heavy (non-hydrogen) atoms. The first kappa shape index (κ1) is 13.3. The molecule has 0 radical (unpaired) electrons. The minimum Gasteiger partial charge on any atom is -0.379 e. The van der Waals surface area contributed by atoms with E-state index in [4.69, 9.17) is 10.5 Å². The number of nitrogens with two attached hydrogens (primary N) is 1. The van der Waals surface area contributed by atoms with Gasteiger partial charge in [0.2, 0.25) is 0 Å². The van der Waals surface area contributed by atoms with Crippen LogP contribution < -0.4 is 5.73 Å². The molecule has 0 aromatic rings. The third-order valence-corrected chi connectivity index (χ3v) is 4.68. The quantitative estimate of drug-likeness (QED) is 0.817. The van der Waals surface area contributed by atoms with Crippen molar-refractivity contribution >= 4 is 0 Å². The lowest BCUT2D eigenvalue weighted by molar-refractivity contribution is 0.0737. The fourth-order valence-electron chi connectivity index (χ4n) is 3.47. The summed E-state index contributed by atoms with van der Waals surface area (Å²) in [6.07, 6.45) is 7.96. The zero-order valence-corrected chi connectivity index (χ0v) is 11.3. The van der Waals surface area contributed by atoms with Gasteiger partial charge in [-0.15, -0.1) is 0 Å². The van der Waals surface area contributed by atoms with Gasteiger partial charge in [0.15, 0.2) is 0 Å². The Kier molecular flexibility index (Phi) is 4.83. The normalized spacial score (nSPS) is 36.0. The monoisotopic (exact) mass is 240 g/mol. The minimum atomic E-state index is 0.168. The van der Waals surface area contributed by atoms with Crippen molar-refractivity contribution in [2.24, 2.45) is 11.7 Å². The molecule has 2 aliphatic heterocycles. The summed E-state index contributed by atoms with van der Waals surface area (Å²) in [6, 6.07) is 0. The average molecular weight is 240 g/mol. The van der Waals surface area contributed by atoms with E-state index in [1.165, 1.54) is 45.2 Å². The molecule has 0 saturated carbocycles. The van der Waals surface area contributed by atoms with Gasteiger partial charge in [0.25, 0.3) is 0 Å². The zero-order chi connectivity index (χ0) is 12.1. The summed E-state index contributed by atoms with van der Waals surface area (Å²) in [6.45, 7) is 7.25. The molecule has 2 heterocycles. The molecule has 0 amide bonds. The SMILES string of the molecule is CCCC1CCCN(C2(CN)CCOC2)CC1. The maximum Gasteiger partial charge on any atom is 0.0663 e. The molecule has 0 aliphatic carbocycles. The summed E-state index contributed by atoms with van der Waals surface area (Å²) in [4.78, 5) is 2.63. The molecule has 2 aliphatic rings. The van der Waals surface area contributed by atoms with Gasteiger partial charge < -0.3 is 10.5 Å². The van der Waals surface area contributed by atoms with Gasteiger partial charge in [-0.2, -0.15) is 0 Å². The number of rotatable bonds is 4. The van der Waals surface area contributed by atoms with E-state index in [1.54, 1.807) is 0 Å². The number of ether oxygens (including phenoxy) is 1. The van der Waals surface area contributed by atoms with Crippen LogP contribution in [0.4, 0.5) is 0 Å². The van der Waals surface area contributed by atoms with E-state index >= 15 is 0 Å². The lowest BCUT2D eigenvalue weighted by Gasteiger charge is -2.38. The summed E-state index contributed by atoms with van der Waals surface area (Å²) in [7, 11) is 0. The van der Waals surface area contributed by atoms with Gasteiger partial charge in [-0.25, -0.2) is 0 Å². The van der Waals surface area contributed by atoms with Gasteiger partial charge in [-0.05, 0) is 44.7 Å². The topological polar surface area (TPSA) is 38.5 Å². The summed E-state index contributed by atoms with van der Waals surface area (Å²) in [5.41, 5.74) is 6.19. The summed E-state index contributed by atoms with van der Waals surface area (Å²) in [5.74, 6) is 0.946. The van der Waals surface area contributed by atoms with Crippen molar-refractivity contribution in [1.82, 2.24) is 4.90 Å². The number of likely N-dealkylation sites (tertiary alicyclic amines) is 1. The Balaban J connectivity index is 1.93. The molecule has 0 spiro atoms. The largest absolute Gasteiger partial charge is 0.379 e. The second-order valence-electron chi connectivity index (χ2n) is 5.80. The molecule has 2 unspecified atom stereocenters. The summed E-state index contributed by atoms with van der Waals surface area (Å²) < 4.78 is 5.60. The van der Waals surface area contributed by atoms with Crippen molar-refractivity contribution in [3.63, 3.8) is 0 Å². The van der Waals surface area contributed by atoms with Crippen LogP contribution in [0.1, 0.15) is 45.4 Å². The van der Waals surface area contributed by atoms with Crippen LogP contribution in [0.3, 0.4) is 0 Å². The van der Waals surface area contributed by atoms with E-state index in [1.807, 2.05) is 0 Å². The molecule has 3 heteroatoms. The maximum atomic E-state index is 6.02. The first-order valence-corrected chi connectivity index (χ1v) is 7.33. The summed E-state index contributed by atoms with van der Waals surface area (Å²) >= 11 is 0. The van der Waals surface area contributed by atoms with Crippen LogP contribution in [-0.2, 0) is 4.74 Å². The van der Waals surface area contributed by atoms with Crippen molar-refractivity contribution in [3.05, 3.63) is 0 Å². The van der Waals surface area contributed by atoms with Gasteiger partial charge >= 0.3 is 0 Å². The van der Waals surface area contributed by atoms with E-state index in [0.29, 0.717) is 0 Å². The van der Waals surface area contributed by atoms with Crippen LogP contribution in [0.15, 0.2) is 0 Å². The first-order valence-electron chi connectivity index (χ1n) is 7.33. The third kappa shape index (κ3) is 3.01. The fraction of sp³-hybridized carbons (Fsp3) is 1.00. The minimum absolute atomic E-state index is 0.168. The molecule has 0 aromatic carbocycles. The van der Waals surface area contributed by atoms with Gasteiger partial charge in [0, 0.05) is 13.2 Å². The predicted molar refractivity (Wildman–Crippen MR) is 71.0 cm³/mol. The van der Waals surface area contributed by atoms with Crippen LogP contribution in [0.2, 0.25) is 0 Å². The zero-order valence-electron chi connectivity index (χ0n) is 11.3. The molecular formula is C14H28N2O. The number of hydrogen-bond acceptors (Lipinski definition) is 3. The Bertz CT molecular complexity index is 226. The van der Waals surface area contributed by atoms with Crippen molar-refractivity contribution in [1.29, 1.82) is 0 Å². The van der Waals surface area contributed by atoms with Crippen molar-refractivity contribution < 1.29 is 4.74 Å². The third-order valence-electron chi connectivity index (χ3n) is 4.68. The Morgan fingerprint density at radius 1 is 1.35 bits per heavy atom. The lowest BCUT2D eigenvalue weighted by Crippen LogP contribution is -2.54. The highest BCUT2D eigenvalue weighted by atomic mass is 16.5. The van der Waals surface area contributed by atoms with Crippen LogP contribution >= 0.6 is 0 Å². The van der Waals surface area contributed by atoms with Crippen molar-refractivity contribution in [3.8, 4) is 0 Å². The van der Waals surface area contributed by atoms with E-state index in [9.17, 15) is 0 Å². The second-order valence-corrected chi connectivity index (χ2v) is 5.80. The molecule has 2 saturated heterocycles.